The number of aryl methyl sites for hydroxylation is 3. The third-order valence-electron chi connectivity index (χ3n) is 13.7. The molecule has 0 amide bonds. The van der Waals surface area contributed by atoms with E-state index in [1.54, 1.807) is 0 Å². The van der Waals surface area contributed by atoms with Gasteiger partial charge in [0.2, 0.25) is 0 Å². The third-order valence-corrected chi connectivity index (χ3v) is 13.7. The zero-order valence-electron chi connectivity index (χ0n) is 42.6. The smallest absolute Gasteiger partial charge is 0.0887 e. The molecule has 10 aromatic carbocycles. The molecule has 75 heavy (non-hydrogen) atoms. The first kappa shape index (κ1) is 47.8. The maximum Gasteiger partial charge on any atom is 0.0887 e. The molecule has 10 aromatic rings. The topological polar surface area (TPSA) is 45.8 Å². The lowest BCUT2D eigenvalue weighted by molar-refractivity contribution is 0.595. The number of nitrogens with zero attached hydrogens (tertiary/aromatic N) is 3. The average Bonchev–Trinajstić information content (AvgIpc) is 3.44. The zero-order chi connectivity index (χ0) is 51.0. The van der Waals surface area contributed by atoms with Crippen molar-refractivity contribution in [2.75, 3.05) is 30.7 Å². The summed E-state index contributed by atoms with van der Waals surface area (Å²) >= 11 is 0. The summed E-state index contributed by atoms with van der Waals surface area (Å²) in [4.78, 5) is 6.93. The maximum atomic E-state index is 4.10. The Morgan fingerprint density at radius 2 is 0.653 bits per heavy atom. The Morgan fingerprint density at radius 3 is 1.04 bits per heavy atom. The van der Waals surface area contributed by atoms with Crippen molar-refractivity contribution in [3.8, 4) is 0 Å². The van der Waals surface area contributed by atoms with Crippen molar-refractivity contribution in [2.45, 2.75) is 32.7 Å². The summed E-state index contributed by atoms with van der Waals surface area (Å²) in [6.07, 6.45) is 5.25. The lowest BCUT2D eigenvalue weighted by Gasteiger charge is -2.38. The van der Waals surface area contributed by atoms with Gasteiger partial charge in [0.15, 0.2) is 0 Å². The van der Waals surface area contributed by atoms with Crippen LogP contribution in [0.15, 0.2) is 290 Å². The van der Waals surface area contributed by atoms with Gasteiger partial charge in [-0.15, -0.1) is 0 Å². The molecule has 0 saturated carbocycles. The van der Waals surface area contributed by atoms with Crippen LogP contribution in [0.1, 0.15) is 28.7 Å². The van der Waals surface area contributed by atoms with Crippen LogP contribution in [-0.2, 0) is 5.54 Å². The van der Waals surface area contributed by atoms with Gasteiger partial charge in [-0.25, -0.2) is 0 Å². The molecule has 3 N–H and O–H groups in total. The van der Waals surface area contributed by atoms with Crippen molar-refractivity contribution in [2.24, 2.45) is 0 Å². The minimum Gasteiger partial charge on any atom is -0.372 e. The first-order chi connectivity index (χ1) is 36.8. The first-order valence-corrected chi connectivity index (χ1v) is 25.7. The highest BCUT2D eigenvalue weighted by Crippen LogP contribution is 2.43. The van der Waals surface area contributed by atoms with Gasteiger partial charge in [-0.2, -0.15) is 0 Å². The van der Waals surface area contributed by atoms with Gasteiger partial charge in [-0.05, 0) is 201 Å². The van der Waals surface area contributed by atoms with Gasteiger partial charge in [0, 0.05) is 86.1 Å². The van der Waals surface area contributed by atoms with Crippen molar-refractivity contribution < 1.29 is 0 Å². The largest absolute Gasteiger partial charge is 0.372 e. The summed E-state index contributed by atoms with van der Waals surface area (Å²) in [5.41, 5.74) is 19.0. The molecule has 6 heteroatoms. The molecule has 1 atom stereocenters. The second kappa shape index (κ2) is 21.7. The standard InChI is InChI=1S/C69H60N6/c1-51-19-16-30-66(45-51)73(60-24-10-5-11-25-60)63-39-33-55(34-40-63)70-58-48-59(71-56-35-41-64(42-36-56)74(61-26-12-6-13-27-61)67-31-17-20-52(2)46-67)50-69(49-58,54-22-8-4-9-23-54)72-57-37-43-65(44-38-57)75(62-28-14-7-15-29-62)68-32-18-21-53(3)47-68/h4-49,70-72H,50H2,1-3H3. The van der Waals surface area contributed by atoms with Crippen LogP contribution in [0.3, 0.4) is 0 Å². The number of rotatable bonds is 16. The van der Waals surface area contributed by atoms with Crippen molar-refractivity contribution in [3.63, 3.8) is 0 Å². The maximum absolute atomic E-state index is 4.10. The normalized spacial score (nSPS) is 14.0. The van der Waals surface area contributed by atoms with Crippen LogP contribution in [0.4, 0.5) is 68.2 Å². The van der Waals surface area contributed by atoms with E-state index in [0.717, 1.165) is 85.2 Å². The molecule has 366 valence electrons. The predicted molar refractivity (Wildman–Crippen MR) is 317 cm³/mol. The van der Waals surface area contributed by atoms with E-state index in [2.05, 4.69) is 330 Å². The monoisotopic (exact) mass is 972 g/mol. The van der Waals surface area contributed by atoms with E-state index in [9.17, 15) is 0 Å². The summed E-state index contributed by atoms with van der Waals surface area (Å²) in [6.45, 7) is 6.42. The molecule has 1 unspecified atom stereocenters. The number of hydrogen-bond donors (Lipinski definition) is 3. The average molecular weight is 973 g/mol. The van der Waals surface area contributed by atoms with Gasteiger partial charge in [0.1, 0.15) is 0 Å². The van der Waals surface area contributed by atoms with E-state index in [1.807, 2.05) is 0 Å². The molecular formula is C69H60N6. The SMILES string of the molecule is Cc1cccc(N(c2ccccc2)c2ccc(NC3=CC(Nc4ccc(N(c5ccccc5)c5cccc(C)c5)cc4)(c4ccccc4)CC(Nc4ccc(N(c5ccccc5)c5cccc(C)c5)cc4)=C3)cc2)c1. The molecule has 11 rings (SSSR count). The van der Waals surface area contributed by atoms with E-state index in [-0.39, 0.29) is 0 Å². The van der Waals surface area contributed by atoms with Crippen LogP contribution in [0.5, 0.6) is 0 Å². The van der Waals surface area contributed by atoms with Crippen LogP contribution in [0.25, 0.3) is 0 Å². The number of anilines is 12. The highest BCUT2D eigenvalue weighted by Gasteiger charge is 2.35. The van der Waals surface area contributed by atoms with Gasteiger partial charge >= 0.3 is 0 Å². The van der Waals surface area contributed by atoms with Crippen molar-refractivity contribution in [3.05, 3.63) is 313 Å². The highest BCUT2D eigenvalue weighted by molar-refractivity contribution is 5.81. The molecule has 0 spiro atoms. The second-order valence-corrected chi connectivity index (χ2v) is 19.3. The molecule has 0 radical (unpaired) electrons. The summed E-state index contributed by atoms with van der Waals surface area (Å²) in [7, 11) is 0. The zero-order valence-corrected chi connectivity index (χ0v) is 42.6. The molecule has 0 saturated heterocycles. The van der Waals surface area contributed by atoms with Crippen molar-refractivity contribution in [1.29, 1.82) is 0 Å². The molecular weight excluding hydrogens is 913 g/mol. The number of allylic oxidation sites excluding steroid dienone is 1. The molecule has 1 aliphatic carbocycles. The third kappa shape index (κ3) is 11.0. The lowest BCUT2D eigenvalue weighted by atomic mass is 9.81. The molecule has 0 aliphatic heterocycles. The Labute approximate surface area is 442 Å². The fraction of sp³-hybridized carbons (Fsp3) is 0.0725. The van der Waals surface area contributed by atoms with E-state index in [4.69, 9.17) is 0 Å². The van der Waals surface area contributed by atoms with Crippen LogP contribution in [0.2, 0.25) is 0 Å². The fourth-order valence-electron chi connectivity index (χ4n) is 10.2. The van der Waals surface area contributed by atoms with E-state index in [1.165, 1.54) is 16.7 Å². The van der Waals surface area contributed by atoms with Gasteiger partial charge in [-0.3, -0.25) is 0 Å². The molecule has 0 heterocycles. The minimum atomic E-state index is -0.664. The number of nitrogens with one attached hydrogen (secondary N) is 3. The summed E-state index contributed by atoms with van der Waals surface area (Å²) in [6, 6.07) is 94.8. The van der Waals surface area contributed by atoms with Crippen molar-refractivity contribution in [1.82, 2.24) is 0 Å². The molecule has 0 bridgehead atoms. The fourth-order valence-corrected chi connectivity index (χ4v) is 10.2. The Balaban J connectivity index is 0.957. The van der Waals surface area contributed by atoms with Gasteiger partial charge in [0.05, 0.1) is 5.54 Å². The van der Waals surface area contributed by atoms with Crippen LogP contribution in [-0.4, -0.2) is 0 Å². The van der Waals surface area contributed by atoms with Gasteiger partial charge < -0.3 is 30.7 Å². The Hall–Kier alpha value is -9.52. The van der Waals surface area contributed by atoms with Crippen LogP contribution < -0.4 is 30.7 Å². The summed E-state index contributed by atoms with van der Waals surface area (Å²) < 4.78 is 0. The summed E-state index contributed by atoms with van der Waals surface area (Å²) in [5.74, 6) is 0. The highest BCUT2D eigenvalue weighted by atomic mass is 15.2. The quantitative estimate of drug-likeness (QED) is 0.0897. The minimum absolute atomic E-state index is 0.645. The number of hydrogen-bond acceptors (Lipinski definition) is 6. The number of para-hydroxylation sites is 3. The molecule has 6 nitrogen and oxygen atoms in total. The van der Waals surface area contributed by atoms with Gasteiger partial charge in [0.25, 0.3) is 0 Å². The lowest BCUT2D eigenvalue weighted by Crippen LogP contribution is -2.37. The van der Waals surface area contributed by atoms with Crippen LogP contribution >= 0.6 is 0 Å². The van der Waals surface area contributed by atoms with Crippen LogP contribution in [0, 0.1) is 20.8 Å². The van der Waals surface area contributed by atoms with E-state index < -0.39 is 5.54 Å². The first-order valence-electron chi connectivity index (χ1n) is 25.7. The molecule has 0 aromatic heterocycles. The Kier molecular flexibility index (Phi) is 13.8. The van der Waals surface area contributed by atoms with E-state index in [0.29, 0.717) is 6.42 Å². The predicted octanol–water partition coefficient (Wildman–Crippen LogP) is 18.7. The molecule has 0 fully saturated rings. The van der Waals surface area contributed by atoms with E-state index >= 15 is 0 Å². The second-order valence-electron chi connectivity index (χ2n) is 19.3. The van der Waals surface area contributed by atoms with Crippen molar-refractivity contribution >= 4 is 68.2 Å². The Morgan fingerprint density at radius 1 is 0.320 bits per heavy atom. The summed E-state index contributed by atoms with van der Waals surface area (Å²) in [5, 5.41) is 11.9. The van der Waals surface area contributed by atoms with Gasteiger partial charge in [-0.1, -0.05) is 121 Å². The molecule has 1 aliphatic rings. The number of benzene rings is 10. The Bertz CT molecular complexity index is 3560.